The van der Waals surface area contributed by atoms with Crippen LogP contribution in [0.25, 0.3) is 0 Å². The molecule has 1 aromatic heterocycles. The lowest BCUT2D eigenvalue weighted by Crippen LogP contribution is -2.32. The summed E-state index contributed by atoms with van der Waals surface area (Å²) in [6, 6.07) is 0. The highest BCUT2D eigenvalue weighted by molar-refractivity contribution is 6.30. The smallest absolute Gasteiger partial charge is 0.137 e. The average Bonchev–Trinajstić information content (AvgIpc) is 2.88. The lowest BCUT2D eigenvalue weighted by atomic mass is 10.2. The zero-order valence-corrected chi connectivity index (χ0v) is 11.9. The molecule has 0 bridgehead atoms. The third kappa shape index (κ3) is 3.12. The second kappa shape index (κ2) is 6.34. The van der Waals surface area contributed by atoms with Crippen molar-refractivity contribution in [2.24, 2.45) is 0 Å². The summed E-state index contributed by atoms with van der Waals surface area (Å²) in [7, 11) is 2.08. The van der Waals surface area contributed by atoms with Gasteiger partial charge in [0.25, 0.3) is 0 Å². The molecule has 1 saturated heterocycles. The fourth-order valence-corrected chi connectivity index (χ4v) is 2.68. The Morgan fingerprint density at radius 2 is 2.06 bits per heavy atom. The number of likely N-dealkylation sites (tertiary alicyclic amines) is 1. The van der Waals surface area contributed by atoms with E-state index in [1.165, 1.54) is 25.9 Å². The maximum atomic E-state index is 6.11. The third-order valence-corrected chi connectivity index (χ3v) is 3.86. The number of nitrogens with zero attached hydrogens (tertiary/aromatic N) is 4. The Morgan fingerprint density at radius 3 is 2.72 bits per heavy atom. The molecule has 1 fully saturated rings. The molecule has 18 heavy (non-hydrogen) atoms. The molecule has 0 spiro atoms. The number of anilines is 1. The first kappa shape index (κ1) is 13.6. The van der Waals surface area contributed by atoms with E-state index in [9.17, 15) is 0 Å². The van der Waals surface area contributed by atoms with Gasteiger partial charge in [0, 0.05) is 25.7 Å². The van der Waals surface area contributed by atoms with Crippen LogP contribution in [-0.4, -0.2) is 48.1 Å². The van der Waals surface area contributed by atoms with Crippen LogP contribution in [0.4, 0.5) is 5.82 Å². The summed E-state index contributed by atoms with van der Waals surface area (Å²) in [6.45, 7) is 6.64. The quantitative estimate of drug-likeness (QED) is 0.767. The summed E-state index contributed by atoms with van der Waals surface area (Å²) in [5.41, 5.74) is 1.04. The molecule has 1 aromatic rings. The van der Waals surface area contributed by atoms with E-state index in [4.69, 9.17) is 11.6 Å². The minimum atomic E-state index is 0.579. The van der Waals surface area contributed by atoms with E-state index in [-0.39, 0.29) is 0 Å². The molecule has 2 rings (SSSR count). The van der Waals surface area contributed by atoms with Crippen molar-refractivity contribution in [2.45, 2.75) is 26.2 Å². The molecule has 1 aliphatic heterocycles. The van der Waals surface area contributed by atoms with E-state index in [0.29, 0.717) is 5.15 Å². The number of hydrogen-bond acceptors (Lipinski definition) is 4. The SMILES string of the molecule is CCc1c(Cl)ncnc1N(C)CCN1CCCC1. The minimum Gasteiger partial charge on any atom is -0.358 e. The van der Waals surface area contributed by atoms with Gasteiger partial charge in [0.2, 0.25) is 0 Å². The summed E-state index contributed by atoms with van der Waals surface area (Å²) in [5, 5.41) is 0.579. The van der Waals surface area contributed by atoms with Gasteiger partial charge in [0.1, 0.15) is 17.3 Å². The van der Waals surface area contributed by atoms with Crippen molar-refractivity contribution in [3.8, 4) is 0 Å². The predicted octanol–water partition coefficient (Wildman–Crippen LogP) is 2.22. The average molecular weight is 269 g/mol. The standard InChI is InChI=1S/C13H21ClN4/c1-3-11-12(14)15-10-16-13(11)17(2)8-9-18-6-4-5-7-18/h10H,3-9H2,1-2H3. The lowest BCUT2D eigenvalue weighted by molar-refractivity contribution is 0.346. The second-order valence-corrected chi connectivity index (χ2v) is 5.15. The van der Waals surface area contributed by atoms with E-state index in [2.05, 4.69) is 33.7 Å². The zero-order chi connectivity index (χ0) is 13.0. The van der Waals surface area contributed by atoms with Gasteiger partial charge in [0.05, 0.1) is 0 Å². The van der Waals surface area contributed by atoms with Gasteiger partial charge in [0.15, 0.2) is 0 Å². The number of aromatic nitrogens is 2. The van der Waals surface area contributed by atoms with E-state index < -0.39 is 0 Å². The lowest BCUT2D eigenvalue weighted by Gasteiger charge is -2.24. The Kier molecular flexibility index (Phi) is 4.78. The first-order chi connectivity index (χ1) is 8.72. The maximum absolute atomic E-state index is 6.11. The van der Waals surface area contributed by atoms with Crippen molar-refractivity contribution in [3.05, 3.63) is 17.0 Å². The van der Waals surface area contributed by atoms with Gasteiger partial charge in [-0.15, -0.1) is 0 Å². The molecule has 0 N–H and O–H groups in total. The van der Waals surface area contributed by atoms with Crippen LogP contribution < -0.4 is 4.90 Å². The van der Waals surface area contributed by atoms with Crippen molar-refractivity contribution >= 4 is 17.4 Å². The molecule has 0 aromatic carbocycles. The highest BCUT2D eigenvalue weighted by Crippen LogP contribution is 2.22. The highest BCUT2D eigenvalue weighted by atomic mass is 35.5. The summed E-state index contributed by atoms with van der Waals surface area (Å²) in [4.78, 5) is 13.1. The Labute approximate surface area is 114 Å². The fourth-order valence-electron chi connectivity index (χ4n) is 2.42. The highest BCUT2D eigenvalue weighted by Gasteiger charge is 2.15. The van der Waals surface area contributed by atoms with Crippen LogP contribution in [-0.2, 0) is 6.42 Å². The maximum Gasteiger partial charge on any atom is 0.137 e. The molecule has 0 saturated carbocycles. The van der Waals surface area contributed by atoms with Crippen LogP contribution in [0.15, 0.2) is 6.33 Å². The fraction of sp³-hybridized carbons (Fsp3) is 0.692. The molecular weight excluding hydrogens is 248 g/mol. The van der Waals surface area contributed by atoms with Crippen molar-refractivity contribution in [3.63, 3.8) is 0 Å². The molecular formula is C13H21ClN4. The van der Waals surface area contributed by atoms with Gasteiger partial charge in [-0.2, -0.15) is 0 Å². The van der Waals surface area contributed by atoms with Crippen molar-refractivity contribution in [2.75, 3.05) is 38.1 Å². The van der Waals surface area contributed by atoms with E-state index >= 15 is 0 Å². The first-order valence-corrected chi connectivity index (χ1v) is 7.03. The van der Waals surface area contributed by atoms with Crippen LogP contribution >= 0.6 is 11.6 Å². The number of hydrogen-bond donors (Lipinski definition) is 0. The van der Waals surface area contributed by atoms with Gasteiger partial charge in [-0.3, -0.25) is 0 Å². The van der Waals surface area contributed by atoms with Crippen LogP contribution in [0, 0.1) is 0 Å². The molecule has 1 aliphatic rings. The van der Waals surface area contributed by atoms with Crippen molar-refractivity contribution in [1.82, 2.24) is 14.9 Å². The third-order valence-electron chi connectivity index (χ3n) is 3.54. The second-order valence-electron chi connectivity index (χ2n) is 4.79. The summed E-state index contributed by atoms with van der Waals surface area (Å²) in [5.74, 6) is 0.969. The molecule has 2 heterocycles. The molecule has 100 valence electrons. The Bertz CT molecular complexity index is 391. The van der Waals surface area contributed by atoms with Gasteiger partial charge in [-0.05, 0) is 32.4 Å². The van der Waals surface area contributed by atoms with Crippen molar-refractivity contribution < 1.29 is 0 Å². The van der Waals surface area contributed by atoms with Gasteiger partial charge in [-0.25, -0.2) is 9.97 Å². The minimum absolute atomic E-state index is 0.579. The molecule has 0 radical (unpaired) electrons. The normalized spacial score (nSPS) is 16.2. The van der Waals surface area contributed by atoms with Crippen molar-refractivity contribution in [1.29, 1.82) is 0 Å². The topological polar surface area (TPSA) is 32.3 Å². The van der Waals surface area contributed by atoms with Gasteiger partial charge < -0.3 is 9.80 Å². The van der Waals surface area contributed by atoms with E-state index in [1.807, 2.05) is 0 Å². The Hall–Kier alpha value is -0.870. The van der Waals surface area contributed by atoms with Gasteiger partial charge >= 0.3 is 0 Å². The zero-order valence-electron chi connectivity index (χ0n) is 11.2. The monoisotopic (exact) mass is 268 g/mol. The first-order valence-electron chi connectivity index (χ1n) is 6.65. The predicted molar refractivity (Wildman–Crippen MR) is 75.4 cm³/mol. The molecule has 0 aliphatic carbocycles. The molecule has 4 nitrogen and oxygen atoms in total. The van der Waals surface area contributed by atoms with Gasteiger partial charge in [-0.1, -0.05) is 18.5 Å². The van der Waals surface area contributed by atoms with Crippen LogP contribution in [0.5, 0.6) is 0 Å². The molecule has 0 amide bonds. The summed E-state index contributed by atoms with van der Waals surface area (Å²) in [6.07, 6.45) is 5.08. The number of halogens is 1. The molecule has 0 atom stereocenters. The van der Waals surface area contributed by atoms with Crippen LogP contribution in [0.3, 0.4) is 0 Å². The van der Waals surface area contributed by atoms with E-state index in [1.54, 1.807) is 6.33 Å². The number of rotatable bonds is 5. The van der Waals surface area contributed by atoms with E-state index in [0.717, 1.165) is 30.9 Å². The molecule has 0 unspecified atom stereocenters. The summed E-state index contributed by atoms with van der Waals surface area (Å²) < 4.78 is 0. The Balaban J connectivity index is 1.99. The molecule has 5 heteroatoms. The Morgan fingerprint density at radius 1 is 1.33 bits per heavy atom. The van der Waals surface area contributed by atoms with Crippen LogP contribution in [0.2, 0.25) is 5.15 Å². The number of likely N-dealkylation sites (N-methyl/N-ethyl adjacent to an activating group) is 1. The summed E-state index contributed by atoms with van der Waals surface area (Å²) >= 11 is 6.11. The van der Waals surface area contributed by atoms with Crippen LogP contribution in [0.1, 0.15) is 25.3 Å². The largest absolute Gasteiger partial charge is 0.358 e.